The maximum absolute atomic E-state index is 11.2. The normalized spacial score (nSPS) is 13.0. The lowest BCUT2D eigenvalue weighted by Crippen LogP contribution is -2.31. The third-order valence-corrected chi connectivity index (χ3v) is 3.80. The molecule has 0 saturated carbocycles. The summed E-state index contributed by atoms with van der Waals surface area (Å²) < 4.78 is 6.76. The number of carbonyl (C=O) groups is 1. The van der Waals surface area contributed by atoms with Crippen molar-refractivity contribution in [1.29, 1.82) is 0 Å². The summed E-state index contributed by atoms with van der Waals surface area (Å²) in [6, 6.07) is 5.93. The van der Waals surface area contributed by atoms with Crippen LogP contribution >= 0.6 is 15.9 Å². The summed E-state index contributed by atoms with van der Waals surface area (Å²) in [5.74, 6) is -0.137. The van der Waals surface area contributed by atoms with Gasteiger partial charge >= 0.3 is 5.97 Å². The van der Waals surface area contributed by atoms with Crippen LogP contribution in [0.5, 0.6) is 5.75 Å². The smallest absolute Gasteiger partial charge is 0.312 e. The van der Waals surface area contributed by atoms with Gasteiger partial charge in [-0.2, -0.15) is 0 Å². The number of benzene rings is 1. The Bertz CT molecular complexity index is 488. The Morgan fingerprint density at radius 2 is 2.14 bits per heavy atom. The average molecular weight is 358 g/mol. The van der Waals surface area contributed by atoms with Gasteiger partial charge in [0, 0.05) is 16.1 Å². The molecule has 1 unspecified atom stereocenters. The summed E-state index contributed by atoms with van der Waals surface area (Å²) in [6.45, 7) is 8.57. The Morgan fingerprint density at radius 1 is 1.48 bits per heavy atom. The quantitative estimate of drug-likeness (QED) is 0.738. The number of ether oxygens (including phenoxy) is 1. The molecule has 0 aliphatic rings. The van der Waals surface area contributed by atoms with E-state index in [4.69, 9.17) is 9.84 Å². The van der Waals surface area contributed by atoms with E-state index in [0.29, 0.717) is 0 Å². The van der Waals surface area contributed by atoms with E-state index in [1.807, 2.05) is 18.2 Å². The molecule has 118 valence electrons. The molecule has 21 heavy (non-hydrogen) atoms. The second-order valence-electron chi connectivity index (χ2n) is 5.84. The van der Waals surface area contributed by atoms with Crippen LogP contribution in [0.15, 0.2) is 22.7 Å². The van der Waals surface area contributed by atoms with Gasteiger partial charge in [0.15, 0.2) is 0 Å². The Kier molecular flexibility index (Phi) is 6.68. The van der Waals surface area contributed by atoms with Crippen LogP contribution in [0.3, 0.4) is 0 Å². The van der Waals surface area contributed by atoms with Gasteiger partial charge in [-0.15, -0.1) is 0 Å². The first-order chi connectivity index (χ1) is 9.77. The van der Waals surface area contributed by atoms with Crippen molar-refractivity contribution in [2.45, 2.75) is 40.2 Å². The number of hydrogen-bond acceptors (Lipinski definition) is 3. The number of halogens is 1. The highest BCUT2D eigenvalue weighted by Gasteiger charge is 2.28. The van der Waals surface area contributed by atoms with Gasteiger partial charge in [0.2, 0.25) is 0 Å². The second-order valence-corrected chi connectivity index (χ2v) is 6.75. The Morgan fingerprint density at radius 3 is 2.71 bits per heavy atom. The highest BCUT2D eigenvalue weighted by molar-refractivity contribution is 9.10. The standard InChI is InChI=1S/C16H24BrNO3/c1-5-8-18-11(2)13-9-12(17)6-7-14(13)21-10-16(3,4)15(19)20/h6-7,9,11,18H,5,8,10H2,1-4H3,(H,19,20). The first-order valence-corrected chi connectivity index (χ1v) is 7.96. The van der Waals surface area contributed by atoms with E-state index in [0.717, 1.165) is 28.8 Å². The van der Waals surface area contributed by atoms with Crippen molar-refractivity contribution in [3.05, 3.63) is 28.2 Å². The van der Waals surface area contributed by atoms with Crippen molar-refractivity contribution in [3.63, 3.8) is 0 Å². The molecule has 1 rings (SSSR count). The Hall–Kier alpha value is -1.07. The van der Waals surface area contributed by atoms with Crippen molar-refractivity contribution in [3.8, 4) is 5.75 Å². The van der Waals surface area contributed by atoms with Gasteiger partial charge in [-0.05, 0) is 51.9 Å². The summed E-state index contributed by atoms with van der Waals surface area (Å²) in [5.41, 5.74) is 0.115. The van der Waals surface area contributed by atoms with Gasteiger partial charge in [0.1, 0.15) is 12.4 Å². The summed E-state index contributed by atoms with van der Waals surface area (Å²) in [6.07, 6.45) is 1.06. The number of carboxylic acid groups (broad SMARTS) is 1. The summed E-state index contributed by atoms with van der Waals surface area (Å²) in [7, 11) is 0. The molecule has 5 heteroatoms. The topological polar surface area (TPSA) is 58.6 Å². The minimum atomic E-state index is -0.912. The molecular weight excluding hydrogens is 334 g/mol. The first-order valence-electron chi connectivity index (χ1n) is 7.17. The zero-order valence-electron chi connectivity index (χ0n) is 13.1. The first kappa shape index (κ1) is 18.0. The van der Waals surface area contributed by atoms with Crippen LogP contribution in [-0.2, 0) is 4.79 Å². The van der Waals surface area contributed by atoms with Crippen molar-refractivity contribution in [2.24, 2.45) is 5.41 Å². The van der Waals surface area contributed by atoms with Crippen molar-refractivity contribution >= 4 is 21.9 Å². The van der Waals surface area contributed by atoms with E-state index in [1.165, 1.54) is 0 Å². The molecule has 0 radical (unpaired) electrons. The Balaban J connectivity index is 2.89. The highest BCUT2D eigenvalue weighted by Crippen LogP contribution is 2.30. The summed E-state index contributed by atoms with van der Waals surface area (Å²) in [5, 5.41) is 12.6. The van der Waals surface area contributed by atoms with Crippen LogP contribution in [0.2, 0.25) is 0 Å². The van der Waals surface area contributed by atoms with Gasteiger partial charge in [0.25, 0.3) is 0 Å². The fourth-order valence-electron chi connectivity index (χ4n) is 1.78. The van der Waals surface area contributed by atoms with E-state index < -0.39 is 11.4 Å². The lowest BCUT2D eigenvalue weighted by Gasteiger charge is -2.23. The van der Waals surface area contributed by atoms with Gasteiger partial charge in [0.05, 0.1) is 5.41 Å². The molecule has 4 nitrogen and oxygen atoms in total. The zero-order chi connectivity index (χ0) is 16.0. The molecule has 0 bridgehead atoms. The maximum atomic E-state index is 11.2. The summed E-state index contributed by atoms with van der Waals surface area (Å²) >= 11 is 3.47. The molecule has 2 N–H and O–H groups in total. The monoisotopic (exact) mass is 357 g/mol. The van der Waals surface area contributed by atoms with Crippen LogP contribution in [-0.4, -0.2) is 24.2 Å². The van der Waals surface area contributed by atoms with Gasteiger partial charge in [-0.1, -0.05) is 22.9 Å². The van der Waals surface area contributed by atoms with Crippen LogP contribution in [0.25, 0.3) is 0 Å². The molecule has 0 aromatic heterocycles. The number of rotatable bonds is 8. The van der Waals surface area contributed by atoms with E-state index in [1.54, 1.807) is 13.8 Å². The van der Waals surface area contributed by atoms with Crippen LogP contribution in [0.1, 0.15) is 45.7 Å². The minimum absolute atomic E-state index is 0.136. The fourth-order valence-corrected chi connectivity index (χ4v) is 2.16. The predicted octanol–water partition coefficient (Wildman–Crippen LogP) is 4.00. The molecule has 0 heterocycles. The molecule has 0 amide bonds. The molecule has 1 aromatic carbocycles. The second kappa shape index (κ2) is 7.80. The van der Waals surface area contributed by atoms with Gasteiger partial charge in [-0.25, -0.2) is 0 Å². The van der Waals surface area contributed by atoms with Crippen molar-refractivity contribution in [1.82, 2.24) is 5.32 Å². The number of hydrogen-bond donors (Lipinski definition) is 2. The average Bonchev–Trinajstić information content (AvgIpc) is 2.43. The van der Waals surface area contributed by atoms with Crippen molar-refractivity contribution in [2.75, 3.05) is 13.2 Å². The molecule has 0 fully saturated rings. The number of nitrogens with one attached hydrogen (secondary N) is 1. The van der Waals surface area contributed by atoms with E-state index in [2.05, 4.69) is 35.1 Å². The highest BCUT2D eigenvalue weighted by atomic mass is 79.9. The third kappa shape index (κ3) is 5.32. The fraction of sp³-hybridized carbons (Fsp3) is 0.562. The van der Waals surface area contributed by atoms with Crippen LogP contribution in [0, 0.1) is 5.41 Å². The number of carboxylic acids is 1. The van der Waals surface area contributed by atoms with Crippen LogP contribution in [0.4, 0.5) is 0 Å². The number of aliphatic carboxylic acids is 1. The zero-order valence-corrected chi connectivity index (χ0v) is 14.7. The SMILES string of the molecule is CCCNC(C)c1cc(Br)ccc1OCC(C)(C)C(=O)O. The lowest BCUT2D eigenvalue weighted by molar-refractivity contribution is -0.148. The molecule has 1 aromatic rings. The Labute approximate surface area is 135 Å². The largest absolute Gasteiger partial charge is 0.492 e. The van der Waals surface area contributed by atoms with E-state index >= 15 is 0 Å². The molecule has 0 aliphatic carbocycles. The van der Waals surface area contributed by atoms with E-state index in [-0.39, 0.29) is 12.6 Å². The van der Waals surface area contributed by atoms with E-state index in [9.17, 15) is 4.79 Å². The molecule has 1 atom stereocenters. The van der Waals surface area contributed by atoms with Crippen LogP contribution < -0.4 is 10.1 Å². The predicted molar refractivity (Wildman–Crippen MR) is 87.8 cm³/mol. The lowest BCUT2D eigenvalue weighted by atomic mass is 9.95. The summed E-state index contributed by atoms with van der Waals surface area (Å²) in [4.78, 5) is 11.2. The molecule has 0 spiro atoms. The maximum Gasteiger partial charge on any atom is 0.312 e. The minimum Gasteiger partial charge on any atom is -0.492 e. The molecule has 0 saturated heterocycles. The van der Waals surface area contributed by atoms with Gasteiger partial charge in [-0.3, -0.25) is 4.79 Å². The van der Waals surface area contributed by atoms with Gasteiger partial charge < -0.3 is 15.2 Å². The van der Waals surface area contributed by atoms with Crippen molar-refractivity contribution < 1.29 is 14.6 Å². The molecular formula is C16H24BrNO3. The molecule has 0 aliphatic heterocycles. The third-order valence-electron chi connectivity index (χ3n) is 3.31.